The van der Waals surface area contributed by atoms with Crippen LogP contribution in [0.15, 0.2) is 73.1 Å². The zero-order valence-corrected chi connectivity index (χ0v) is 15.7. The molecule has 2 aromatic carbocycles. The van der Waals surface area contributed by atoms with Gasteiger partial charge in [-0.1, -0.05) is 42.5 Å². The average Bonchev–Trinajstić information content (AvgIpc) is 3.43. The average molecular weight is 386 g/mol. The van der Waals surface area contributed by atoms with Gasteiger partial charge in [0, 0.05) is 12.4 Å². The van der Waals surface area contributed by atoms with Gasteiger partial charge in [0.1, 0.15) is 6.61 Å². The van der Waals surface area contributed by atoms with Crippen molar-refractivity contribution in [2.75, 3.05) is 0 Å². The molecule has 0 bridgehead atoms. The fraction of sp³-hybridized carbons (Fsp3) is 0.0952. The molecule has 29 heavy (non-hydrogen) atoms. The summed E-state index contributed by atoms with van der Waals surface area (Å²) in [5, 5.41) is 15.6. The Bertz CT molecular complexity index is 1120. The lowest BCUT2D eigenvalue weighted by atomic mass is 10.2. The number of esters is 1. The molecule has 0 saturated heterocycles. The molecule has 0 N–H and O–H groups in total. The highest BCUT2D eigenvalue weighted by Crippen LogP contribution is 2.15. The van der Waals surface area contributed by atoms with Crippen LogP contribution in [0.1, 0.15) is 17.0 Å². The molecule has 0 fully saturated rings. The first-order chi connectivity index (χ1) is 14.2. The molecule has 0 radical (unpaired) electrons. The van der Waals surface area contributed by atoms with Gasteiger partial charge in [0.05, 0.1) is 5.69 Å². The van der Waals surface area contributed by atoms with E-state index in [1.165, 1.54) is 4.68 Å². The Hall–Kier alpha value is -4.07. The molecule has 0 unspecified atom stereocenters. The number of hydrogen-bond acceptors (Lipinski definition) is 6. The van der Waals surface area contributed by atoms with Gasteiger partial charge in [0.15, 0.2) is 11.5 Å². The molecular formula is C21H18N6O2. The molecule has 0 amide bonds. The van der Waals surface area contributed by atoms with E-state index in [4.69, 9.17) is 4.74 Å². The van der Waals surface area contributed by atoms with Gasteiger partial charge in [0.2, 0.25) is 0 Å². The van der Waals surface area contributed by atoms with Crippen molar-refractivity contribution in [1.29, 1.82) is 0 Å². The molecule has 144 valence electrons. The molecule has 4 aromatic rings. The van der Waals surface area contributed by atoms with E-state index in [0.717, 1.165) is 16.8 Å². The lowest BCUT2D eigenvalue weighted by molar-refractivity contribution is -0.138. The van der Waals surface area contributed by atoms with Gasteiger partial charge in [-0.2, -0.15) is 9.78 Å². The molecular weight excluding hydrogens is 368 g/mol. The number of nitrogens with zero attached hydrogens (tertiary/aromatic N) is 6. The summed E-state index contributed by atoms with van der Waals surface area (Å²) in [5.74, 6) is -0.0203. The molecule has 0 aliphatic carbocycles. The van der Waals surface area contributed by atoms with E-state index in [-0.39, 0.29) is 12.3 Å². The van der Waals surface area contributed by atoms with Crippen LogP contribution in [0.25, 0.3) is 17.5 Å². The minimum Gasteiger partial charge on any atom is -0.456 e. The Labute approximate surface area is 167 Å². The van der Waals surface area contributed by atoms with Gasteiger partial charge in [-0.3, -0.25) is 0 Å². The number of hydrogen-bond donors (Lipinski definition) is 0. The number of carbonyl (C=O) groups excluding carboxylic acids is 1. The maximum Gasteiger partial charge on any atom is 0.357 e. The second-order valence-corrected chi connectivity index (χ2v) is 6.27. The van der Waals surface area contributed by atoms with Crippen LogP contribution in [0, 0.1) is 6.92 Å². The summed E-state index contributed by atoms with van der Waals surface area (Å²) in [4.78, 5) is 12.8. The van der Waals surface area contributed by atoms with Gasteiger partial charge in [0.25, 0.3) is 0 Å². The lowest BCUT2D eigenvalue weighted by Crippen LogP contribution is -2.15. The molecule has 4 rings (SSSR count). The van der Waals surface area contributed by atoms with Crippen molar-refractivity contribution in [1.82, 2.24) is 30.0 Å². The Morgan fingerprint density at radius 1 is 1.07 bits per heavy atom. The first-order valence-electron chi connectivity index (χ1n) is 8.99. The number of aryl methyl sites for hydroxylation is 1. The number of aromatic nitrogens is 6. The van der Waals surface area contributed by atoms with E-state index in [9.17, 15) is 4.79 Å². The first kappa shape index (κ1) is 18.3. The predicted molar refractivity (Wildman–Crippen MR) is 107 cm³/mol. The van der Waals surface area contributed by atoms with Crippen LogP contribution in [0.4, 0.5) is 0 Å². The fourth-order valence-corrected chi connectivity index (χ4v) is 2.76. The zero-order chi connectivity index (χ0) is 20.1. The Kier molecular flexibility index (Phi) is 5.24. The zero-order valence-electron chi connectivity index (χ0n) is 15.7. The standard InChI is InChI=1S/C21H18N6O2/c1-16-23-24-25-27(16)20(14-17-6-3-2-4-7-17)21(28)29-15-18-8-10-19(11-9-18)26-13-5-12-22-26/h2-14H,15H2,1H3. The maximum absolute atomic E-state index is 12.8. The van der Waals surface area contributed by atoms with Crippen LogP contribution in [0.3, 0.4) is 0 Å². The highest BCUT2D eigenvalue weighted by atomic mass is 16.5. The number of tetrazole rings is 1. The summed E-state index contributed by atoms with van der Waals surface area (Å²) in [6.45, 7) is 1.85. The highest BCUT2D eigenvalue weighted by Gasteiger charge is 2.18. The van der Waals surface area contributed by atoms with E-state index in [1.807, 2.05) is 66.9 Å². The van der Waals surface area contributed by atoms with Crippen molar-refractivity contribution < 1.29 is 9.53 Å². The van der Waals surface area contributed by atoms with E-state index in [0.29, 0.717) is 5.82 Å². The summed E-state index contributed by atoms with van der Waals surface area (Å²) in [6.07, 6.45) is 5.29. The van der Waals surface area contributed by atoms with Gasteiger partial charge < -0.3 is 4.74 Å². The number of ether oxygens (including phenoxy) is 1. The normalized spacial score (nSPS) is 11.4. The van der Waals surface area contributed by atoms with Crippen LogP contribution in [0.5, 0.6) is 0 Å². The van der Waals surface area contributed by atoms with Crippen LogP contribution >= 0.6 is 0 Å². The van der Waals surface area contributed by atoms with E-state index in [2.05, 4.69) is 20.6 Å². The minimum absolute atomic E-state index is 0.130. The topological polar surface area (TPSA) is 87.7 Å². The van der Waals surface area contributed by atoms with Crippen LogP contribution < -0.4 is 0 Å². The Morgan fingerprint density at radius 3 is 2.52 bits per heavy atom. The number of benzene rings is 2. The second kappa shape index (κ2) is 8.30. The molecule has 0 aliphatic rings. The number of carbonyl (C=O) groups is 1. The Balaban J connectivity index is 1.51. The molecule has 2 aromatic heterocycles. The Morgan fingerprint density at radius 2 is 1.86 bits per heavy atom. The molecule has 0 saturated carbocycles. The molecule has 0 spiro atoms. The van der Waals surface area contributed by atoms with Gasteiger partial charge in [-0.25, -0.2) is 9.48 Å². The minimum atomic E-state index is -0.514. The third-order valence-electron chi connectivity index (χ3n) is 4.24. The smallest absolute Gasteiger partial charge is 0.357 e. The van der Waals surface area contributed by atoms with E-state index in [1.54, 1.807) is 23.9 Å². The van der Waals surface area contributed by atoms with Crippen LogP contribution in [-0.4, -0.2) is 36.0 Å². The predicted octanol–water partition coefficient (Wildman–Crippen LogP) is 2.91. The van der Waals surface area contributed by atoms with Crippen molar-refractivity contribution in [3.63, 3.8) is 0 Å². The molecule has 8 nitrogen and oxygen atoms in total. The summed E-state index contributed by atoms with van der Waals surface area (Å²) in [5.41, 5.74) is 2.88. The number of rotatable bonds is 6. The third kappa shape index (κ3) is 4.27. The van der Waals surface area contributed by atoms with E-state index < -0.39 is 5.97 Å². The largest absolute Gasteiger partial charge is 0.456 e. The summed E-state index contributed by atoms with van der Waals surface area (Å²) >= 11 is 0. The summed E-state index contributed by atoms with van der Waals surface area (Å²) in [6, 6.07) is 19.0. The van der Waals surface area contributed by atoms with Crippen LogP contribution in [0.2, 0.25) is 0 Å². The summed E-state index contributed by atoms with van der Waals surface area (Å²) in [7, 11) is 0. The van der Waals surface area contributed by atoms with Crippen molar-refractivity contribution in [3.8, 4) is 5.69 Å². The van der Waals surface area contributed by atoms with Gasteiger partial charge in [-0.05, 0) is 52.8 Å². The maximum atomic E-state index is 12.8. The third-order valence-corrected chi connectivity index (χ3v) is 4.24. The monoisotopic (exact) mass is 386 g/mol. The summed E-state index contributed by atoms with van der Waals surface area (Å²) < 4.78 is 8.66. The van der Waals surface area contributed by atoms with Crippen molar-refractivity contribution in [3.05, 3.63) is 90.0 Å². The first-order valence-corrected chi connectivity index (χ1v) is 8.99. The fourth-order valence-electron chi connectivity index (χ4n) is 2.76. The molecule has 8 heteroatoms. The quantitative estimate of drug-likeness (QED) is 0.374. The SMILES string of the molecule is Cc1nnnn1C(=Cc1ccccc1)C(=O)OCc1ccc(-n2cccn2)cc1. The molecule has 2 heterocycles. The highest BCUT2D eigenvalue weighted by molar-refractivity contribution is 6.15. The van der Waals surface area contributed by atoms with Crippen molar-refractivity contribution >= 4 is 17.7 Å². The van der Waals surface area contributed by atoms with Gasteiger partial charge in [-0.15, -0.1) is 5.10 Å². The second-order valence-electron chi connectivity index (χ2n) is 6.27. The van der Waals surface area contributed by atoms with E-state index >= 15 is 0 Å². The van der Waals surface area contributed by atoms with Crippen molar-refractivity contribution in [2.24, 2.45) is 0 Å². The lowest BCUT2D eigenvalue weighted by Gasteiger charge is -2.10. The molecule has 0 atom stereocenters. The molecule has 0 aliphatic heterocycles. The van der Waals surface area contributed by atoms with Crippen LogP contribution in [-0.2, 0) is 16.1 Å². The van der Waals surface area contributed by atoms with Gasteiger partial charge >= 0.3 is 5.97 Å². The van der Waals surface area contributed by atoms with Crippen molar-refractivity contribution in [2.45, 2.75) is 13.5 Å².